The Kier molecular flexibility index (Phi) is 6.68. The molecule has 0 aliphatic carbocycles. The van der Waals surface area contributed by atoms with Crippen molar-refractivity contribution in [2.24, 2.45) is 0 Å². The van der Waals surface area contributed by atoms with E-state index in [0.29, 0.717) is 30.5 Å². The van der Waals surface area contributed by atoms with Gasteiger partial charge in [0.2, 0.25) is 11.9 Å². The van der Waals surface area contributed by atoms with Crippen molar-refractivity contribution in [2.45, 2.75) is 5.60 Å². The Bertz CT molecular complexity index is 1400. The second-order valence-electron chi connectivity index (χ2n) is 8.44. The minimum Gasteiger partial charge on any atom is -0.393 e. The van der Waals surface area contributed by atoms with Gasteiger partial charge in [-0.05, 0) is 35.9 Å². The van der Waals surface area contributed by atoms with Gasteiger partial charge in [0.25, 0.3) is 0 Å². The van der Waals surface area contributed by atoms with Crippen LogP contribution in [-0.4, -0.2) is 52.3 Å². The molecule has 1 atom stereocenters. The summed E-state index contributed by atoms with van der Waals surface area (Å²) in [6, 6.07) is 17.0. The van der Waals surface area contributed by atoms with Gasteiger partial charge in [-0.2, -0.15) is 0 Å². The number of benzene rings is 2. The Hall–Kier alpha value is -4.18. The summed E-state index contributed by atoms with van der Waals surface area (Å²) in [7, 11) is 0. The summed E-state index contributed by atoms with van der Waals surface area (Å²) >= 11 is 0. The molecular formula is C27H26N6O3. The molecule has 3 heterocycles. The van der Waals surface area contributed by atoms with Crippen LogP contribution in [0, 0.1) is 0 Å². The fraction of sp³-hybridized carbons (Fsp3) is 0.185. The third kappa shape index (κ3) is 4.80. The van der Waals surface area contributed by atoms with Crippen LogP contribution >= 0.6 is 0 Å². The van der Waals surface area contributed by atoms with Crippen molar-refractivity contribution in [1.29, 1.82) is 0 Å². The number of hydrogen-bond acceptors (Lipinski definition) is 8. The van der Waals surface area contributed by atoms with Gasteiger partial charge in [-0.15, -0.1) is 0 Å². The molecule has 0 unspecified atom stereocenters. The highest BCUT2D eigenvalue weighted by Gasteiger charge is 2.34. The summed E-state index contributed by atoms with van der Waals surface area (Å²) < 4.78 is 5.91. The fourth-order valence-corrected chi connectivity index (χ4v) is 4.20. The van der Waals surface area contributed by atoms with Crippen molar-refractivity contribution in [3.63, 3.8) is 0 Å². The van der Waals surface area contributed by atoms with Crippen molar-refractivity contribution in [1.82, 2.24) is 20.3 Å². The number of amides is 1. The lowest BCUT2D eigenvalue weighted by Crippen LogP contribution is -2.49. The number of aliphatic hydroxyl groups is 1. The van der Waals surface area contributed by atoms with Crippen LogP contribution in [-0.2, 0) is 15.1 Å². The summed E-state index contributed by atoms with van der Waals surface area (Å²) in [5.74, 6) is 0.146. The molecular weight excluding hydrogens is 456 g/mol. The first-order chi connectivity index (χ1) is 17.6. The average molecular weight is 483 g/mol. The van der Waals surface area contributed by atoms with E-state index in [1.807, 2.05) is 42.5 Å². The van der Waals surface area contributed by atoms with Gasteiger partial charge in [0.1, 0.15) is 5.60 Å². The Labute approximate surface area is 208 Å². The van der Waals surface area contributed by atoms with E-state index in [2.05, 4.69) is 32.5 Å². The summed E-state index contributed by atoms with van der Waals surface area (Å²) in [6.07, 6.45) is 4.62. The smallest absolute Gasteiger partial charge is 0.247 e. The molecule has 0 bridgehead atoms. The van der Waals surface area contributed by atoms with Crippen molar-refractivity contribution in [3.8, 4) is 11.3 Å². The number of morpholine rings is 1. The van der Waals surface area contributed by atoms with Gasteiger partial charge < -0.3 is 25.8 Å². The number of hydrogen-bond donors (Lipinski definition) is 4. The largest absolute Gasteiger partial charge is 0.393 e. The van der Waals surface area contributed by atoms with E-state index in [1.165, 1.54) is 6.08 Å². The molecule has 5 rings (SSSR count). The SMILES string of the molecule is C=CC(=O)Nc1ccnc(-c2cccc3cnc(Nc4ccc([C@]5(CO)CNCCO5)cc4)nc23)c1. The Morgan fingerprint density at radius 2 is 2.03 bits per heavy atom. The Balaban J connectivity index is 1.42. The number of aromatic nitrogens is 3. The fourth-order valence-electron chi connectivity index (χ4n) is 4.20. The van der Waals surface area contributed by atoms with E-state index in [0.717, 1.165) is 34.3 Å². The number of nitrogens with zero attached hydrogens (tertiary/aromatic N) is 3. The zero-order valence-corrected chi connectivity index (χ0v) is 19.6. The van der Waals surface area contributed by atoms with E-state index in [9.17, 15) is 9.90 Å². The lowest BCUT2D eigenvalue weighted by molar-refractivity contribution is -0.111. The van der Waals surface area contributed by atoms with Gasteiger partial charge in [-0.1, -0.05) is 36.9 Å². The second-order valence-corrected chi connectivity index (χ2v) is 8.44. The predicted molar refractivity (Wildman–Crippen MR) is 139 cm³/mol. The number of rotatable bonds is 7. The summed E-state index contributed by atoms with van der Waals surface area (Å²) in [5.41, 5.74) is 3.80. The molecule has 9 heteroatoms. The van der Waals surface area contributed by atoms with Crippen LogP contribution in [0.5, 0.6) is 0 Å². The van der Waals surface area contributed by atoms with E-state index in [1.54, 1.807) is 24.5 Å². The zero-order valence-electron chi connectivity index (χ0n) is 19.6. The van der Waals surface area contributed by atoms with Crippen LogP contribution in [0.4, 0.5) is 17.3 Å². The van der Waals surface area contributed by atoms with Gasteiger partial charge in [-0.3, -0.25) is 9.78 Å². The lowest BCUT2D eigenvalue weighted by Gasteiger charge is -2.36. The van der Waals surface area contributed by atoms with Crippen molar-refractivity contribution in [3.05, 3.63) is 85.2 Å². The molecule has 0 spiro atoms. The van der Waals surface area contributed by atoms with Crippen LogP contribution in [0.25, 0.3) is 22.2 Å². The van der Waals surface area contributed by atoms with Gasteiger partial charge in [0, 0.05) is 47.8 Å². The molecule has 2 aromatic carbocycles. The number of para-hydroxylation sites is 1. The van der Waals surface area contributed by atoms with Crippen LogP contribution < -0.4 is 16.0 Å². The van der Waals surface area contributed by atoms with Crippen LogP contribution in [0.1, 0.15) is 5.56 Å². The molecule has 9 nitrogen and oxygen atoms in total. The minimum absolute atomic E-state index is 0.101. The first-order valence-electron chi connectivity index (χ1n) is 11.6. The number of fused-ring (bicyclic) bond motifs is 1. The van der Waals surface area contributed by atoms with Gasteiger partial charge >= 0.3 is 0 Å². The van der Waals surface area contributed by atoms with Gasteiger partial charge in [0.05, 0.1) is 24.4 Å². The van der Waals surface area contributed by atoms with Gasteiger partial charge in [0.15, 0.2) is 0 Å². The first-order valence-corrected chi connectivity index (χ1v) is 11.6. The maximum Gasteiger partial charge on any atom is 0.247 e. The Morgan fingerprint density at radius 1 is 1.17 bits per heavy atom. The molecule has 1 aliphatic heterocycles. The third-order valence-electron chi connectivity index (χ3n) is 6.09. The van der Waals surface area contributed by atoms with Gasteiger partial charge in [-0.25, -0.2) is 9.97 Å². The molecule has 36 heavy (non-hydrogen) atoms. The van der Waals surface area contributed by atoms with E-state index >= 15 is 0 Å². The molecule has 182 valence electrons. The van der Waals surface area contributed by atoms with Crippen LogP contribution in [0.15, 0.2) is 79.6 Å². The predicted octanol–water partition coefficient (Wildman–Crippen LogP) is 3.37. The molecule has 4 N–H and O–H groups in total. The molecule has 2 aromatic heterocycles. The number of carbonyl (C=O) groups excluding carboxylic acids is 1. The quantitative estimate of drug-likeness (QED) is 0.296. The van der Waals surface area contributed by atoms with E-state index < -0.39 is 5.60 Å². The minimum atomic E-state index is -0.738. The maximum atomic E-state index is 11.7. The molecule has 1 fully saturated rings. The monoisotopic (exact) mass is 482 g/mol. The number of ether oxygens (including phenoxy) is 1. The molecule has 1 aliphatic rings. The lowest BCUT2D eigenvalue weighted by atomic mass is 9.93. The number of anilines is 3. The first kappa shape index (κ1) is 23.6. The Morgan fingerprint density at radius 3 is 2.78 bits per heavy atom. The van der Waals surface area contributed by atoms with E-state index in [4.69, 9.17) is 9.72 Å². The van der Waals surface area contributed by atoms with E-state index in [-0.39, 0.29) is 12.5 Å². The highest BCUT2D eigenvalue weighted by molar-refractivity contribution is 5.99. The molecule has 1 amide bonds. The van der Waals surface area contributed by atoms with Crippen molar-refractivity contribution < 1.29 is 14.6 Å². The number of aliphatic hydroxyl groups excluding tert-OH is 1. The number of pyridine rings is 1. The standard InChI is InChI=1S/C27H26N6O3/c1-2-24(35)31-21-10-11-29-23(14-21)22-5-3-4-18-15-30-26(33-25(18)22)32-20-8-6-19(7-9-20)27(17-34)16-28-12-13-36-27/h2-11,14-15,28,34H,1,12-13,16-17H2,(H,29,31,35)(H,30,32,33)/t27-/m1/s1. The highest BCUT2D eigenvalue weighted by Crippen LogP contribution is 2.30. The number of nitrogens with one attached hydrogen (secondary N) is 3. The molecule has 0 saturated carbocycles. The highest BCUT2D eigenvalue weighted by atomic mass is 16.5. The zero-order chi connectivity index (χ0) is 25.0. The average Bonchev–Trinajstić information content (AvgIpc) is 2.93. The van der Waals surface area contributed by atoms with Crippen molar-refractivity contribution >= 4 is 34.1 Å². The molecule has 0 radical (unpaired) electrons. The maximum absolute atomic E-state index is 11.7. The van der Waals surface area contributed by atoms with Crippen LogP contribution in [0.3, 0.4) is 0 Å². The summed E-state index contributed by atoms with van der Waals surface area (Å²) in [4.78, 5) is 25.4. The molecule has 4 aromatic rings. The molecule has 1 saturated heterocycles. The number of carbonyl (C=O) groups is 1. The normalized spacial score (nSPS) is 17.5. The van der Waals surface area contributed by atoms with Crippen LogP contribution in [0.2, 0.25) is 0 Å². The topological polar surface area (TPSA) is 121 Å². The summed E-state index contributed by atoms with van der Waals surface area (Å²) in [5, 5.41) is 20.1. The summed E-state index contributed by atoms with van der Waals surface area (Å²) in [6.45, 7) is 5.26. The second kappa shape index (κ2) is 10.2. The third-order valence-corrected chi connectivity index (χ3v) is 6.09. The van der Waals surface area contributed by atoms with Crippen molar-refractivity contribution in [2.75, 3.05) is 36.9 Å².